The summed E-state index contributed by atoms with van der Waals surface area (Å²) in [6.07, 6.45) is 0. The van der Waals surface area contributed by atoms with Crippen molar-refractivity contribution in [1.29, 1.82) is 0 Å². The van der Waals surface area contributed by atoms with Gasteiger partial charge < -0.3 is 19.8 Å². The van der Waals surface area contributed by atoms with Gasteiger partial charge in [0.2, 0.25) is 17.7 Å². The van der Waals surface area contributed by atoms with Crippen LogP contribution in [0.4, 0.5) is 11.4 Å². The van der Waals surface area contributed by atoms with Crippen LogP contribution in [0.2, 0.25) is 0 Å². The third-order valence-corrected chi connectivity index (χ3v) is 3.97. The molecule has 0 saturated carbocycles. The first kappa shape index (κ1) is 18.4. The number of hydrogen-bond donors (Lipinski definition) is 2. The Hall–Kier alpha value is -3.35. The summed E-state index contributed by atoms with van der Waals surface area (Å²) in [5.74, 6) is 1.44. The lowest BCUT2D eigenvalue weighted by molar-refractivity contribution is -0.114. The van der Waals surface area contributed by atoms with E-state index in [4.69, 9.17) is 9.15 Å². The zero-order valence-corrected chi connectivity index (χ0v) is 15.7. The number of aryl methyl sites for hydroxylation is 1. The maximum Gasteiger partial charge on any atom is 0.247 e. The number of amides is 1. The van der Waals surface area contributed by atoms with Gasteiger partial charge in [-0.1, -0.05) is 17.7 Å². The number of carbonyl (C=O) groups excluding carboxylic acids is 1. The van der Waals surface area contributed by atoms with Crippen LogP contribution in [-0.2, 0) is 4.79 Å². The van der Waals surface area contributed by atoms with Crippen molar-refractivity contribution >= 4 is 17.3 Å². The Morgan fingerprint density at radius 3 is 2.70 bits per heavy atom. The van der Waals surface area contributed by atoms with E-state index in [-0.39, 0.29) is 11.9 Å². The van der Waals surface area contributed by atoms with Gasteiger partial charge in [-0.3, -0.25) is 4.79 Å². The fraction of sp³-hybridized carbons (Fsp3) is 0.250. The maximum atomic E-state index is 11.3. The molecule has 0 bridgehead atoms. The zero-order valence-electron chi connectivity index (χ0n) is 15.7. The summed E-state index contributed by atoms with van der Waals surface area (Å²) in [6.45, 7) is 5.39. The van der Waals surface area contributed by atoms with Crippen LogP contribution in [-0.4, -0.2) is 23.2 Å². The van der Waals surface area contributed by atoms with Crippen molar-refractivity contribution in [2.75, 3.05) is 17.7 Å². The Kier molecular flexibility index (Phi) is 5.40. The molecule has 0 aliphatic heterocycles. The van der Waals surface area contributed by atoms with E-state index >= 15 is 0 Å². The number of hydrogen-bond acceptors (Lipinski definition) is 6. The molecule has 140 valence electrons. The zero-order chi connectivity index (χ0) is 19.4. The number of anilines is 2. The molecular weight excluding hydrogens is 344 g/mol. The van der Waals surface area contributed by atoms with E-state index in [2.05, 4.69) is 20.8 Å². The number of nitrogens with zero attached hydrogens (tertiary/aromatic N) is 2. The molecule has 0 aliphatic carbocycles. The number of carbonyl (C=O) groups is 1. The molecule has 0 aliphatic rings. The fourth-order valence-electron chi connectivity index (χ4n) is 2.70. The van der Waals surface area contributed by atoms with Crippen LogP contribution in [0.3, 0.4) is 0 Å². The van der Waals surface area contributed by atoms with E-state index in [1.54, 1.807) is 25.3 Å². The van der Waals surface area contributed by atoms with Crippen molar-refractivity contribution in [2.45, 2.75) is 26.8 Å². The van der Waals surface area contributed by atoms with Crippen LogP contribution in [0.15, 0.2) is 46.9 Å². The number of aromatic nitrogens is 2. The molecule has 1 heterocycles. The van der Waals surface area contributed by atoms with Gasteiger partial charge in [0.25, 0.3) is 0 Å². The van der Waals surface area contributed by atoms with E-state index in [0.29, 0.717) is 28.9 Å². The van der Waals surface area contributed by atoms with Gasteiger partial charge in [0.05, 0.1) is 12.8 Å². The summed E-state index contributed by atoms with van der Waals surface area (Å²) < 4.78 is 11.2. The molecule has 0 radical (unpaired) electrons. The SMILES string of the molecule is COc1ccc(NC(C)=O)cc1N[C@@H](C)c1nnc(-c2cccc(C)c2)o1. The summed E-state index contributed by atoms with van der Waals surface area (Å²) in [4.78, 5) is 11.3. The molecule has 7 heteroatoms. The first-order valence-corrected chi connectivity index (χ1v) is 8.59. The van der Waals surface area contributed by atoms with Crippen LogP contribution in [0.1, 0.15) is 31.3 Å². The largest absolute Gasteiger partial charge is 0.495 e. The lowest BCUT2D eigenvalue weighted by atomic mass is 10.1. The topological polar surface area (TPSA) is 89.3 Å². The monoisotopic (exact) mass is 366 g/mol. The van der Waals surface area contributed by atoms with Crippen molar-refractivity contribution < 1.29 is 13.9 Å². The van der Waals surface area contributed by atoms with Gasteiger partial charge in [-0.2, -0.15) is 0 Å². The smallest absolute Gasteiger partial charge is 0.247 e. The van der Waals surface area contributed by atoms with Crippen LogP contribution in [0.5, 0.6) is 5.75 Å². The van der Waals surface area contributed by atoms with Gasteiger partial charge in [-0.05, 0) is 44.2 Å². The fourth-order valence-corrected chi connectivity index (χ4v) is 2.70. The van der Waals surface area contributed by atoms with Crippen molar-refractivity contribution in [3.63, 3.8) is 0 Å². The summed E-state index contributed by atoms with van der Waals surface area (Å²) in [6, 6.07) is 13.0. The Morgan fingerprint density at radius 1 is 1.19 bits per heavy atom. The predicted octanol–water partition coefficient (Wildman–Crippen LogP) is 4.19. The third kappa shape index (κ3) is 4.44. The highest BCUT2D eigenvalue weighted by Crippen LogP contribution is 2.31. The predicted molar refractivity (Wildman–Crippen MR) is 104 cm³/mol. The Bertz CT molecular complexity index is 952. The van der Waals surface area contributed by atoms with E-state index in [9.17, 15) is 4.79 Å². The molecule has 3 rings (SSSR count). The highest BCUT2D eigenvalue weighted by atomic mass is 16.5. The number of ether oxygens (including phenoxy) is 1. The second-order valence-corrected chi connectivity index (χ2v) is 6.28. The molecule has 2 N–H and O–H groups in total. The second kappa shape index (κ2) is 7.90. The molecular formula is C20H22N4O3. The van der Waals surface area contributed by atoms with Gasteiger partial charge in [0.1, 0.15) is 11.8 Å². The minimum atomic E-state index is -0.252. The highest BCUT2D eigenvalue weighted by Gasteiger charge is 2.17. The second-order valence-electron chi connectivity index (χ2n) is 6.28. The molecule has 0 fully saturated rings. The summed E-state index contributed by atoms with van der Waals surface area (Å²) in [5, 5.41) is 14.3. The molecule has 2 aromatic carbocycles. The molecule has 0 unspecified atom stereocenters. The van der Waals surface area contributed by atoms with E-state index < -0.39 is 0 Å². The minimum absolute atomic E-state index is 0.140. The number of methoxy groups -OCH3 is 1. The van der Waals surface area contributed by atoms with Crippen molar-refractivity contribution in [3.8, 4) is 17.2 Å². The number of benzene rings is 2. The van der Waals surface area contributed by atoms with Crippen LogP contribution >= 0.6 is 0 Å². The normalized spacial score (nSPS) is 11.7. The quantitative estimate of drug-likeness (QED) is 0.680. The molecule has 0 spiro atoms. The lowest BCUT2D eigenvalue weighted by Crippen LogP contribution is -2.10. The molecule has 1 aromatic heterocycles. The molecule has 1 atom stereocenters. The summed E-state index contributed by atoms with van der Waals surface area (Å²) in [7, 11) is 1.59. The summed E-state index contributed by atoms with van der Waals surface area (Å²) >= 11 is 0. The molecule has 1 amide bonds. The van der Waals surface area contributed by atoms with Crippen molar-refractivity contribution in [1.82, 2.24) is 10.2 Å². The lowest BCUT2D eigenvalue weighted by Gasteiger charge is -2.16. The highest BCUT2D eigenvalue weighted by molar-refractivity contribution is 5.89. The van der Waals surface area contributed by atoms with Crippen LogP contribution in [0, 0.1) is 6.92 Å². The standard InChI is InChI=1S/C20H22N4O3/c1-12-6-5-7-15(10-12)20-24-23-19(27-20)13(2)21-17-11-16(22-14(3)25)8-9-18(17)26-4/h5-11,13,21H,1-4H3,(H,22,25)/t13-/m0/s1. The molecule has 27 heavy (non-hydrogen) atoms. The molecule has 3 aromatic rings. The molecule has 0 saturated heterocycles. The Balaban J connectivity index is 1.81. The van der Waals surface area contributed by atoms with Crippen molar-refractivity contribution in [3.05, 3.63) is 53.9 Å². The van der Waals surface area contributed by atoms with Gasteiger partial charge in [0.15, 0.2) is 0 Å². The average Bonchev–Trinajstić information content (AvgIpc) is 3.12. The summed E-state index contributed by atoms with van der Waals surface area (Å²) in [5.41, 5.74) is 3.39. The van der Waals surface area contributed by atoms with Gasteiger partial charge in [0, 0.05) is 18.2 Å². The number of nitrogens with one attached hydrogen (secondary N) is 2. The molecule has 7 nitrogen and oxygen atoms in total. The average molecular weight is 366 g/mol. The van der Waals surface area contributed by atoms with Gasteiger partial charge in [-0.15, -0.1) is 10.2 Å². The third-order valence-electron chi connectivity index (χ3n) is 3.97. The van der Waals surface area contributed by atoms with Crippen LogP contribution < -0.4 is 15.4 Å². The van der Waals surface area contributed by atoms with E-state index in [1.165, 1.54) is 6.92 Å². The van der Waals surface area contributed by atoms with Gasteiger partial charge in [-0.25, -0.2) is 0 Å². The van der Waals surface area contributed by atoms with Crippen LogP contribution in [0.25, 0.3) is 11.5 Å². The Labute approximate surface area is 157 Å². The van der Waals surface area contributed by atoms with Gasteiger partial charge >= 0.3 is 0 Å². The number of rotatable bonds is 6. The minimum Gasteiger partial charge on any atom is -0.495 e. The van der Waals surface area contributed by atoms with E-state index in [1.807, 2.05) is 38.1 Å². The first-order chi connectivity index (χ1) is 13.0. The Morgan fingerprint density at radius 2 is 2.00 bits per heavy atom. The van der Waals surface area contributed by atoms with E-state index in [0.717, 1.165) is 11.1 Å². The maximum absolute atomic E-state index is 11.3. The van der Waals surface area contributed by atoms with Crippen molar-refractivity contribution in [2.24, 2.45) is 0 Å². The first-order valence-electron chi connectivity index (χ1n) is 8.59.